The highest BCUT2D eigenvalue weighted by molar-refractivity contribution is 5.94. The Morgan fingerprint density at radius 2 is 1.90 bits per heavy atom. The molecule has 5 heteroatoms. The van der Waals surface area contributed by atoms with Crippen LogP contribution < -0.4 is 0 Å². The molecule has 1 aromatic carbocycles. The van der Waals surface area contributed by atoms with Crippen molar-refractivity contribution in [1.29, 1.82) is 0 Å². The highest BCUT2D eigenvalue weighted by atomic mass is 19.1. The van der Waals surface area contributed by atoms with Crippen LogP contribution in [0, 0.1) is 11.7 Å². The molecule has 2 unspecified atom stereocenters. The van der Waals surface area contributed by atoms with Gasteiger partial charge in [-0.25, -0.2) is 9.18 Å². The lowest BCUT2D eigenvalue weighted by Gasteiger charge is -2.28. The summed E-state index contributed by atoms with van der Waals surface area (Å²) in [4.78, 5) is 25.8. The standard InChI is InChI=1S/C16H18FNO3/c1-10-6-9-18(13(10)14(19)20)15(21)16(7-8-16)11-2-4-12(17)5-3-11/h2-5,10,13H,6-9H2,1H3,(H,19,20). The second kappa shape index (κ2) is 4.83. The second-order valence-corrected chi connectivity index (χ2v) is 6.14. The zero-order valence-corrected chi connectivity index (χ0v) is 11.9. The molecule has 1 amide bonds. The number of amides is 1. The van der Waals surface area contributed by atoms with Crippen LogP contribution in [0.25, 0.3) is 0 Å². The first-order chi connectivity index (χ1) is 9.95. The maximum absolute atomic E-state index is 13.0. The summed E-state index contributed by atoms with van der Waals surface area (Å²) in [5.74, 6) is -1.43. The Labute approximate surface area is 122 Å². The predicted molar refractivity (Wildman–Crippen MR) is 74.2 cm³/mol. The van der Waals surface area contributed by atoms with Crippen molar-refractivity contribution >= 4 is 11.9 Å². The second-order valence-electron chi connectivity index (χ2n) is 6.14. The molecule has 1 N–H and O–H groups in total. The molecule has 21 heavy (non-hydrogen) atoms. The number of carbonyl (C=O) groups excluding carboxylic acids is 1. The third kappa shape index (κ3) is 2.20. The van der Waals surface area contributed by atoms with Gasteiger partial charge in [-0.15, -0.1) is 0 Å². The van der Waals surface area contributed by atoms with Gasteiger partial charge in [0.1, 0.15) is 11.9 Å². The fraction of sp³-hybridized carbons (Fsp3) is 0.500. The van der Waals surface area contributed by atoms with Crippen molar-refractivity contribution in [2.45, 2.75) is 37.6 Å². The van der Waals surface area contributed by atoms with E-state index in [2.05, 4.69) is 0 Å². The summed E-state index contributed by atoms with van der Waals surface area (Å²) >= 11 is 0. The number of aliphatic carboxylic acids is 1. The fourth-order valence-electron chi connectivity index (χ4n) is 3.35. The molecule has 4 nitrogen and oxygen atoms in total. The van der Waals surface area contributed by atoms with Crippen molar-refractivity contribution in [3.63, 3.8) is 0 Å². The van der Waals surface area contributed by atoms with E-state index in [4.69, 9.17) is 0 Å². The predicted octanol–water partition coefficient (Wildman–Crippen LogP) is 2.18. The topological polar surface area (TPSA) is 57.6 Å². The number of benzene rings is 1. The third-order valence-corrected chi connectivity index (χ3v) is 4.77. The first-order valence-electron chi connectivity index (χ1n) is 7.25. The van der Waals surface area contributed by atoms with Crippen LogP contribution in [0.3, 0.4) is 0 Å². The average molecular weight is 291 g/mol. The molecule has 1 aliphatic carbocycles. The van der Waals surface area contributed by atoms with Crippen LogP contribution >= 0.6 is 0 Å². The van der Waals surface area contributed by atoms with Gasteiger partial charge >= 0.3 is 5.97 Å². The summed E-state index contributed by atoms with van der Waals surface area (Å²) in [5, 5.41) is 9.35. The highest BCUT2D eigenvalue weighted by Gasteiger charge is 2.56. The maximum Gasteiger partial charge on any atom is 0.326 e. The van der Waals surface area contributed by atoms with Crippen LogP contribution in [0.2, 0.25) is 0 Å². The number of carbonyl (C=O) groups is 2. The number of likely N-dealkylation sites (tertiary alicyclic amines) is 1. The van der Waals surface area contributed by atoms with Gasteiger partial charge < -0.3 is 10.0 Å². The number of carboxylic acid groups (broad SMARTS) is 1. The molecule has 1 heterocycles. The van der Waals surface area contributed by atoms with Crippen molar-refractivity contribution in [2.24, 2.45) is 5.92 Å². The summed E-state index contributed by atoms with van der Waals surface area (Å²) in [7, 11) is 0. The van der Waals surface area contributed by atoms with E-state index in [1.165, 1.54) is 17.0 Å². The molecule has 112 valence electrons. The minimum atomic E-state index is -0.941. The molecule has 2 atom stereocenters. The lowest BCUT2D eigenvalue weighted by molar-refractivity contribution is -0.150. The van der Waals surface area contributed by atoms with Gasteiger partial charge in [0.2, 0.25) is 5.91 Å². The van der Waals surface area contributed by atoms with E-state index < -0.39 is 17.4 Å². The van der Waals surface area contributed by atoms with E-state index in [0.717, 1.165) is 5.56 Å². The Hall–Kier alpha value is -1.91. The number of nitrogens with zero attached hydrogens (tertiary/aromatic N) is 1. The molecule has 1 saturated carbocycles. The normalized spacial score (nSPS) is 26.7. The van der Waals surface area contributed by atoms with Gasteiger partial charge in [0.05, 0.1) is 5.41 Å². The zero-order valence-electron chi connectivity index (χ0n) is 11.9. The van der Waals surface area contributed by atoms with E-state index in [9.17, 15) is 19.1 Å². The van der Waals surface area contributed by atoms with Gasteiger partial charge in [-0.1, -0.05) is 19.1 Å². The summed E-state index contributed by atoms with van der Waals surface area (Å²) < 4.78 is 13.0. The molecule has 0 bridgehead atoms. The van der Waals surface area contributed by atoms with Crippen molar-refractivity contribution in [1.82, 2.24) is 4.90 Å². The average Bonchev–Trinajstić information content (AvgIpc) is 3.16. The molecule has 1 aromatic rings. The van der Waals surface area contributed by atoms with Crippen LogP contribution in [0.15, 0.2) is 24.3 Å². The molecule has 1 saturated heterocycles. The van der Waals surface area contributed by atoms with Crippen LogP contribution in [-0.4, -0.2) is 34.5 Å². The quantitative estimate of drug-likeness (QED) is 0.928. The molecule has 2 fully saturated rings. The SMILES string of the molecule is CC1CCN(C(=O)C2(c3ccc(F)cc3)CC2)C1C(=O)O. The first kappa shape index (κ1) is 14.0. The molecule has 0 spiro atoms. The first-order valence-corrected chi connectivity index (χ1v) is 7.25. The number of carboxylic acids is 1. The Morgan fingerprint density at radius 1 is 1.29 bits per heavy atom. The molecular weight excluding hydrogens is 273 g/mol. The van der Waals surface area contributed by atoms with Gasteiger partial charge in [-0.05, 0) is 42.9 Å². The fourth-order valence-corrected chi connectivity index (χ4v) is 3.35. The van der Waals surface area contributed by atoms with E-state index in [0.29, 0.717) is 25.8 Å². The van der Waals surface area contributed by atoms with Gasteiger partial charge in [0.25, 0.3) is 0 Å². The number of rotatable bonds is 3. The van der Waals surface area contributed by atoms with Crippen molar-refractivity contribution in [3.05, 3.63) is 35.6 Å². The summed E-state index contributed by atoms with van der Waals surface area (Å²) in [6, 6.07) is 5.23. The monoisotopic (exact) mass is 291 g/mol. The smallest absolute Gasteiger partial charge is 0.326 e. The third-order valence-electron chi connectivity index (χ3n) is 4.77. The summed E-state index contributed by atoms with van der Waals surface area (Å²) in [5.41, 5.74) is 0.156. The van der Waals surface area contributed by atoms with Crippen LogP contribution in [0.5, 0.6) is 0 Å². The van der Waals surface area contributed by atoms with Crippen LogP contribution in [-0.2, 0) is 15.0 Å². The Balaban J connectivity index is 1.88. The minimum Gasteiger partial charge on any atom is -0.480 e. The zero-order chi connectivity index (χ0) is 15.2. The molecule has 1 aliphatic heterocycles. The number of hydrogen-bond donors (Lipinski definition) is 1. The Bertz CT molecular complexity index is 580. The minimum absolute atomic E-state index is 0.0320. The molecule has 2 aliphatic rings. The van der Waals surface area contributed by atoms with Gasteiger partial charge in [0, 0.05) is 6.54 Å². The summed E-state index contributed by atoms with van der Waals surface area (Å²) in [6.45, 7) is 2.35. The molecule has 0 radical (unpaired) electrons. The Kier molecular flexibility index (Phi) is 3.23. The van der Waals surface area contributed by atoms with Crippen LogP contribution in [0.1, 0.15) is 31.7 Å². The van der Waals surface area contributed by atoms with Gasteiger partial charge in [-0.3, -0.25) is 4.79 Å². The largest absolute Gasteiger partial charge is 0.480 e. The summed E-state index contributed by atoms with van der Waals surface area (Å²) in [6.07, 6.45) is 2.12. The van der Waals surface area contributed by atoms with Gasteiger partial charge in [0.15, 0.2) is 0 Å². The van der Waals surface area contributed by atoms with E-state index in [1.54, 1.807) is 12.1 Å². The van der Waals surface area contributed by atoms with E-state index in [1.807, 2.05) is 6.92 Å². The van der Waals surface area contributed by atoms with Crippen molar-refractivity contribution in [2.75, 3.05) is 6.54 Å². The number of halogens is 1. The molecule has 3 rings (SSSR count). The van der Waals surface area contributed by atoms with Gasteiger partial charge in [-0.2, -0.15) is 0 Å². The Morgan fingerprint density at radius 3 is 2.43 bits per heavy atom. The van der Waals surface area contributed by atoms with Crippen LogP contribution in [0.4, 0.5) is 4.39 Å². The lowest BCUT2D eigenvalue weighted by Crippen LogP contribution is -2.47. The maximum atomic E-state index is 13.0. The number of hydrogen-bond acceptors (Lipinski definition) is 2. The highest BCUT2D eigenvalue weighted by Crippen LogP contribution is 2.50. The molecule has 0 aromatic heterocycles. The van der Waals surface area contributed by atoms with Crippen molar-refractivity contribution in [3.8, 4) is 0 Å². The molecular formula is C16H18FNO3. The van der Waals surface area contributed by atoms with Crippen molar-refractivity contribution < 1.29 is 19.1 Å². The van der Waals surface area contributed by atoms with E-state index in [-0.39, 0.29) is 17.6 Å². The lowest BCUT2D eigenvalue weighted by atomic mass is 9.93. The van der Waals surface area contributed by atoms with E-state index >= 15 is 0 Å².